The lowest BCUT2D eigenvalue weighted by Gasteiger charge is -2.49. The van der Waals surface area contributed by atoms with Gasteiger partial charge in [0, 0.05) is 50.4 Å². The number of carbonyl (C=O) groups is 4. The predicted octanol–water partition coefficient (Wildman–Crippen LogP) is 3.62. The molecule has 0 saturated carbocycles. The Labute approximate surface area is 255 Å². The number of ketones is 1. The summed E-state index contributed by atoms with van der Waals surface area (Å²) >= 11 is 0. The number of alkyl halides is 3. The van der Waals surface area contributed by atoms with Crippen LogP contribution in [0.4, 0.5) is 22.4 Å². The Balaban J connectivity index is 1.32. The minimum Gasteiger partial charge on any atom is -0.322 e. The highest BCUT2D eigenvalue weighted by atomic mass is 19.4. The normalized spacial score (nSPS) is 21.4. The Hall–Kier alpha value is -4.59. The van der Waals surface area contributed by atoms with Gasteiger partial charge in [-0.15, -0.1) is 0 Å². The molecule has 6 rings (SSSR count). The van der Waals surface area contributed by atoms with Gasteiger partial charge in [-0.25, -0.2) is 9.18 Å². The van der Waals surface area contributed by atoms with Crippen molar-refractivity contribution in [2.24, 2.45) is 7.05 Å². The molecular formula is C31H30F4N6O4. The van der Waals surface area contributed by atoms with Gasteiger partial charge in [0.1, 0.15) is 17.9 Å². The van der Waals surface area contributed by atoms with Gasteiger partial charge in [0.2, 0.25) is 5.91 Å². The number of amides is 4. The van der Waals surface area contributed by atoms with Crippen molar-refractivity contribution in [1.29, 1.82) is 0 Å². The number of nitrogens with zero attached hydrogens (tertiary/aromatic N) is 5. The maximum atomic E-state index is 14.9. The number of urea groups is 1. The van der Waals surface area contributed by atoms with E-state index in [2.05, 4.69) is 10.4 Å². The summed E-state index contributed by atoms with van der Waals surface area (Å²) in [7, 11) is 3.42. The number of Topliss-reactive ketones (excluding diaryl/α,β-unsaturated/α-hetero) is 1. The number of rotatable bonds is 6. The van der Waals surface area contributed by atoms with Crippen molar-refractivity contribution in [3.05, 3.63) is 77.4 Å². The van der Waals surface area contributed by atoms with E-state index in [0.29, 0.717) is 15.4 Å². The number of aryl methyl sites for hydroxylation is 1. The number of fused-ring (bicyclic) bond motifs is 2. The van der Waals surface area contributed by atoms with E-state index in [1.807, 2.05) is 0 Å². The SMILES string of the molecule is CN1CCC(N(Cc2ccc(F)cc2)C(=O)CN2C(=O)N[C@]3(CC(=O)c4cc(-c5cnn(C)c5)ccc43)C2=O)(C(F)(F)F)CC1. The van der Waals surface area contributed by atoms with Gasteiger partial charge >= 0.3 is 12.2 Å². The molecule has 2 fully saturated rings. The van der Waals surface area contributed by atoms with Crippen LogP contribution in [0.15, 0.2) is 54.9 Å². The van der Waals surface area contributed by atoms with E-state index in [1.165, 1.54) is 12.1 Å². The predicted molar refractivity (Wildman–Crippen MR) is 152 cm³/mol. The second-order valence-electron chi connectivity index (χ2n) is 11.9. The van der Waals surface area contributed by atoms with Crippen molar-refractivity contribution in [3.63, 3.8) is 0 Å². The summed E-state index contributed by atoms with van der Waals surface area (Å²) in [5, 5.41) is 6.69. The first-order valence-corrected chi connectivity index (χ1v) is 14.4. The van der Waals surface area contributed by atoms with Crippen LogP contribution in [0.5, 0.6) is 0 Å². The summed E-state index contributed by atoms with van der Waals surface area (Å²) < 4.78 is 59.9. The lowest BCUT2D eigenvalue weighted by atomic mass is 9.84. The average Bonchev–Trinajstić information content (AvgIpc) is 3.62. The lowest BCUT2D eigenvalue weighted by Crippen LogP contribution is -2.65. The fourth-order valence-electron chi connectivity index (χ4n) is 6.57. The molecule has 3 aliphatic rings. The number of hydrogen-bond donors (Lipinski definition) is 1. The van der Waals surface area contributed by atoms with Gasteiger partial charge in [0.15, 0.2) is 11.3 Å². The van der Waals surface area contributed by atoms with Crippen LogP contribution in [0, 0.1) is 5.82 Å². The summed E-state index contributed by atoms with van der Waals surface area (Å²) in [5.41, 5.74) is -2.24. The van der Waals surface area contributed by atoms with E-state index in [1.54, 1.807) is 54.3 Å². The highest BCUT2D eigenvalue weighted by molar-refractivity contribution is 6.17. The van der Waals surface area contributed by atoms with Crippen molar-refractivity contribution >= 4 is 23.6 Å². The van der Waals surface area contributed by atoms with Crippen LogP contribution in [-0.2, 0) is 28.7 Å². The number of nitrogens with one attached hydrogen (secondary N) is 1. The molecule has 1 aliphatic carbocycles. The molecule has 2 aromatic carbocycles. The van der Waals surface area contributed by atoms with Crippen molar-refractivity contribution in [2.75, 3.05) is 26.7 Å². The molecule has 1 N–H and O–H groups in total. The molecule has 14 heteroatoms. The monoisotopic (exact) mass is 626 g/mol. The largest absolute Gasteiger partial charge is 0.411 e. The average molecular weight is 627 g/mol. The number of hydrogen-bond acceptors (Lipinski definition) is 6. The Bertz CT molecular complexity index is 1700. The Morgan fingerprint density at radius 2 is 1.71 bits per heavy atom. The highest BCUT2D eigenvalue weighted by Crippen LogP contribution is 2.45. The quantitative estimate of drug-likeness (QED) is 0.331. The van der Waals surface area contributed by atoms with Crippen LogP contribution in [0.2, 0.25) is 0 Å². The number of piperidine rings is 1. The zero-order valence-corrected chi connectivity index (χ0v) is 24.5. The van der Waals surface area contributed by atoms with Crippen LogP contribution in [0.1, 0.15) is 40.7 Å². The summed E-state index contributed by atoms with van der Waals surface area (Å²) in [6.45, 7) is -1.38. The van der Waals surface area contributed by atoms with Gasteiger partial charge in [-0.1, -0.05) is 24.3 Å². The maximum absolute atomic E-state index is 14.9. The minimum absolute atomic E-state index is 0.0544. The zero-order valence-electron chi connectivity index (χ0n) is 24.5. The van der Waals surface area contributed by atoms with E-state index >= 15 is 0 Å². The van der Waals surface area contributed by atoms with Crippen LogP contribution in [0.3, 0.4) is 0 Å². The molecule has 0 unspecified atom stereocenters. The molecule has 236 valence electrons. The number of carbonyl (C=O) groups excluding carboxylic acids is 4. The van der Waals surface area contributed by atoms with Crippen LogP contribution < -0.4 is 5.32 Å². The third-order valence-corrected chi connectivity index (χ3v) is 9.13. The van der Waals surface area contributed by atoms with Crippen molar-refractivity contribution < 1.29 is 36.7 Å². The van der Waals surface area contributed by atoms with E-state index in [9.17, 15) is 36.7 Å². The van der Waals surface area contributed by atoms with Crippen molar-refractivity contribution in [1.82, 2.24) is 29.8 Å². The van der Waals surface area contributed by atoms with Crippen LogP contribution >= 0.6 is 0 Å². The molecule has 2 saturated heterocycles. The van der Waals surface area contributed by atoms with Gasteiger partial charge in [0.05, 0.1) is 6.20 Å². The van der Waals surface area contributed by atoms with E-state index in [0.717, 1.165) is 17.7 Å². The maximum Gasteiger partial charge on any atom is 0.411 e. The van der Waals surface area contributed by atoms with Gasteiger partial charge < -0.3 is 15.1 Å². The molecule has 0 radical (unpaired) electrons. The fraction of sp³-hybridized carbons (Fsp3) is 0.387. The van der Waals surface area contributed by atoms with Crippen LogP contribution in [-0.4, -0.2) is 86.5 Å². The molecule has 1 aromatic heterocycles. The number of imide groups is 1. The van der Waals surface area contributed by atoms with E-state index in [4.69, 9.17) is 0 Å². The zero-order chi connectivity index (χ0) is 32.3. The molecule has 4 amide bonds. The summed E-state index contributed by atoms with van der Waals surface area (Å²) in [6, 6.07) is 8.61. The standard InChI is InChI=1S/C31H30F4N6O4/c1-38-11-9-29(10-12-38,31(33,34)35)41(16-19-3-6-22(32)7-4-19)26(43)18-40-27(44)30(37-28(40)45)14-25(42)23-13-20(5-8-24(23)30)21-15-36-39(2)17-21/h3-8,13,15,17H,9-12,14,16,18H2,1-2H3,(H,37,45)/t30-/m0/s1. The number of benzene rings is 2. The molecule has 2 aliphatic heterocycles. The Morgan fingerprint density at radius 1 is 1.02 bits per heavy atom. The molecule has 1 spiro atoms. The molecular weight excluding hydrogens is 596 g/mol. The van der Waals surface area contributed by atoms with Gasteiger partial charge in [-0.3, -0.25) is 24.0 Å². The van der Waals surface area contributed by atoms with Gasteiger partial charge in [-0.05, 0) is 54.8 Å². The number of halogens is 4. The Kier molecular flexibility index (Phi) is 7.30. The smallest absolute Gasteiger partial charge is 0.322 e. The second kappa shape index (κ2) is 10.8. The molecule has 1 atom stereocenters. The molecule has 3 aromatic rings. The third-order valence-electron chi connectivity index (χ3n) is 9.13. The topological polar surface area (TPSA) is 108 Å². The highest BCUT2D eigenvalue weighted by Gasteiger charge is 2.62. The minimum atomic E-state index is -4.84. The molecule has 3 heterocycles. The Morgan fingerprint density at radius 3 is 2.33 bits per heavy atom. The van der Waals surface area contributed by atoms with Crippen LogP contribution in [0.25, 0.3) is 11.1 Å². The molecule has 45 heavy (non-hydrogen) atoms. The lowest BCUT2D eigenvalue weighted by molar-refractivity contribution is -0.245. The van der Waals surface area contributed by atoms with Gasteiger partial charge in [0.25, 0.3) is 5.91 Å². The third kappa shape index (κ3) is 5.06. The van der Waals surface area contributed by atoms with Gasteiger partial charge in [-0.2, -0.15) is 18.3 Å². The summed E-state index contributed by atoms with van der Waals surface area (Å²) in [4.78, 5) is 57.1. The van der Waals surface area contributed by atoms with E-state index < -0.39 is 79.1 Å². The number of likely N-dealkylation sites (tertiary alicyclic amines) is 1. The van der Waals surface area contributed by atoms with Crippen molar-refractivity contribution in [3.8, 4) is 11.1 Å². The first-order valence-electron chi connectivity index (χ1n) is 14.4. The van der Waals surface area contributed by atoms with E-state index in [-0.39, 0.29) is 29.8 Å². The molecule has 10 nitrogen and oxygen atoms in total. The second-order valence-corrected chi connectivity index (χ2v) is 11.9. The summed E-state index contributed by atoms with van der Waals surface area (Å²) in [6.07, 6.45) is -2.72. The first kappa shape index (κ1) is 30.4. The molecule has 0 bridgehead atoms. The first-order chi connectivity index (χ1) is 21.2. The summed E-state index contributed by atoms with van der Waals surface area (Å²) in [5.74, 6) is -2.99. The van der Waals surface area contributed by atoms with Crippen molar-refractivity contribution in [2.45, 2.75) is 43.1 Å². The number of aromatic nitrogens is 2. The fourth-order valence-corrected chi connectivity index (χ4v) is 6.57.